The maximum Gasteiger partial charge on any atom is 0.337 e. The monoisotopic (exact) mass is 334 g/mol. The highest BCUT2D eigenvalue weighted by molar-refractivity contribution is 9.10. The van der Waals surface area contributed by atoms with Crippen LogP contribution in [-0.4, -0.2) is 24.0 Å². The molecule has 0 spiro atoms. The lowest BCUT2D eigenvalue weighted by atomic mass is 10.2. The van der Waals surface area contributed by atoms with E-state index >= 15 is 0 Å². The van der Waals surface area contributed by atoms with E-state index in [4.69, 9.17) is 0 Å². The molecule has 6 heteroatoms. The number of amides is 1. The molecular formula is C14H11BrN2O3. The Labute approximate surface area is 124 Å². The first-order chi connectivity index (χ1) is 9.61. The minimum Gasteiger partial charge on any atom is -0.465 e. The van der Waals surface area contributed by atoms with Crippen LogP contribution in [0.4, 0.5) is 5.69 Å². The van der Waals surface area contributed by atoms with E-state index in [1.54, 1.807) is 42.7 Å². The largest absolute Gasteiger partial charge is 0.465 e. The van der Waals surface area contributed by atoms with E-state index in [0.717, 1.165) is 0 Å². The summed E-state index contributed by atoms with van der Waals surface area (Å²) in [5, 5.41) is 2.74. The lowest BCUT2D eigenvalue weighted by molar-refractivity contribution is 0.0600. The summed E-state index contributed by atoms with van der Waals surface area (Å²) in [6.45, 7) is 0. The topological polar surface area (TPSA) is 68.3 Å². The first-order valence-corrected chi connectivity index (χ1v) is 6.50. The van der Waals surface area contributed by atoms with E-state index in [-0.39, 0.29) is 5.91 Å². The van der Waals surface area contributed by atoms with Crippen LogP contribution < -0.4 is 5.32 Å². The number of nitrogens with one attached hydrogen (secondary N) is 1. The van der Waals surface area contributed by atoms with Crippen molar-refractivity contribution in [2.45, 2.75) is 0 Å². The SMILES string of the molecule is COC(=O)c1ccc(NC(=O)c2ccncc2)c(Br)c1. The zero-order valence-corrected chi connectivity index (χ0v) is 12.2. The Morgan fingerprint density at radius 1 is 1.15 bits per heavy atom. The van der Waals surface area contributed by atoms with Crippen LogP contribution in [-0.2, 0) is 4.74 Å². The van der Waals surface area contributed by atoms with Gasteiger partial charge in [0, 0.05) is 22.4 Å². The van der Waals surface area contributed by atoms with Gasteiger partial charge in [-0.15, -0.1) is 0 Å². The molecule has 0 radical (unpaired) electrons. The fraction of sp³-hybridized carbons (Fsp3) is 0.0714. The van der Waals surface area contributed by atoms with Gasteiger partial charge in [-0.2, -0.15) is 0 Å². The lowest BCUT2D eigenvalue weighted by Crippen LogP contribution is -2.12. The number of anilines is 1. The molecule has 0 saturated carbocycles. The second-order valence-corrected chi connectivity index (χ2v) is 4.73. The molecule has 1 N–H and O–H groups in total. The number of hydrogen-bond donors (Lipinski definition) is 1. The Balaban J connectivity index is 2.18. The fourth-order valence-electron chi connectivity index (χ4n) is 1.56. The summed E-state index contributed by atoms with van der Waals surface area (Å²) in [7, 11) is 1.31. The molecule has 1 amide bonds. The molecule has 2 rings (SSSR count). The van der Waals surface area contributed by atoms with Crippen molar-refractivity contribution in [3.05, 3.63) is 58.3 Å². The molecule has 5 nitrogen and oxygen atoms in total. The first kappa shape index (κ1) is 14.2. The van der Waals surface area contributed by atoms with E-state index in [1.165, 1.54) is 7.11 Å². The van der Waals surface area contributed by atoms with Gasteiger partial charge < -0.3 is 10.1 Å². The maximum absolute atomic E-state index is 12.0. The number of ether oxygens (including phenoxy) is 1. The minimum absolute atomic E-state index is 0.251. The molecule has 0 unspecified atom stereocenters. The van der Waals surface area contributed by atoms with Crippen molar-refractivity contribution >= 4 is 33.5 Å². The Morgan fingerprint density at radius 3 is 2.45 bits per heavy atom. The van der Waals surface area contributed by atoms with Crippen LogP contribution in [0.15, 0.2) is 47.2 Å². The van der Waals surface area contributed by atoms with Crippen LogP contribution in [0.3, 0.4) is 0 Å². The van der Waals surface area contributed by atoms with Crippen LogP contribution >= 0.6 is 15.9 Å². The number of nitrogens with zero attached hydrogens (tertiary/aromatic N) is 1. The number of carbonyl (C=O) groups excluding carboxylic acids is 2. The number of benzene rings is 1. The summed E-state index contributed by atoms with van der Waals surface area (Å²) in [5.74, 6) is -0.684. The molecule has 1 heterocycles. The summed E-state index contributed by atoms with van der Waals surface area (Å²) >= 11 is 3.31. The predicted octanol–water partition coefficient (Wildman–Crippen LogP) is 2.88. The van der Waals surface area contributed by atoms with Crippen LogP contribution in [0, 0.1) is 0 Å². The molecule has 0 aliphatic heterocycles. The number of rotatable bonds is 3. The van der Waals surface area contributed by atoms with E-state index in [0.29, 0.717) is 21.3 Å². The standard InChI is InChI=1S/C14H11BrN2O3/c1-20-14(19)10-2-3-12(11(15)8-10)17-13(18)9-4-6-16-7-5-9/h2-8H,1H3,(H,17,18). The molecule has 2 aromatic rings. The average molecular weight is 335 g/mol. The Bertz CT molecular complexity index is 644. The molecule has 1 aromatic carbocycles. The summed E-state index contributed by atoms with van der Waals surface area (Å²) in [6.07, 6.45) is 3.09. The quantitative estimate of drug-likeness (QED) is 0.876. The number of pyridine rings is 1. The third-order valence-electron chi connectivity index (χ3n) is 2.58. The van der Waals surface area contributed by atoms with Gasteiger partial charge in [-0.3, -0.25) is 9.78 Å². The second kappa shape index (κ2) is 6.29. The van der Waals surface area contributed by atoms with Crippen LogP contribution in [0.1, 0.15) is 20.7 Å². The molecule has 102 valence electrons. The summed E-state index contributed by atoms with van der Waals surface area (Å²) < 4.78 is 5.23. The third kappa shape index (κ3) is 3.21. The number of esters is 1. The van der Waals surface area contributed by atoms with Gasteiger partial charge >= 0.3 is 5.97 Å². The molecule has 0 saturated heterocycles. The van der Waals surface area contributed by atoms with Crippen LogP contribution in [0.2, 0.25) is 0 Å². The van der Waals surface area contributed by atoms with Crippen LogP contribution in [0.5, 0.6) is 0 Å². The van der Waals surface area contributed by atoms with E-state index in [1.807, 2.05) is 0 Å². The van der Waals surface area contributed by atoms with Gasteiger partial charge in [-0.1, -0.05) is 0 Å². The van der Waals surface area contributed by atoms with E-state index in [2.05, 4.69) is 31.0 Å². The van der Waals surface area contributed by atoms with Gasteiger partial charge in [0.25, 0.3) is 5.91 Å². The number of methoxy groups -OCH3 is 1. The second-order valence-electron chi connectivity index (χ2n) is 3.88. The smallest absolute Gasteiger partial charge is 0.337 e. The van der Waals surface area contributed by atoms with Crippen molar-refractivity contribution in [2.75, 3.05) is 12.4 Å². The van der Waals surface area contributed by atoms with Crippen LogP contribution in [0.25, 0.3) is 0 Å². The van der Waals surface area contributed by atoms with Crippen molar-refractivity contribution < 1.29 is 14.3 Å². The van der Waals surface area contributed by atoms with Crippen molar-refractivity contribution in [3.63, 3.8) is 0 Å². The van der Waals surface area contributed by atoms with Crippen molar-refractivity contribution in [2.24, 2.45) is 0 Å². The third-order valence-corrected chi connectivity index (χ3v) is 3.24. The number of aromatic nitrogens is 1. The molecule has 0 aliphatic rings. The fourth-order valence-corrected chi connectivity index (χ4v) is 2.04. The zero-order valence-electron chi connectivity index (χ0n) is 10.6. The van der Waals surface area contributed by atoms with Crippen molar-refractivity contribution in [1.29, 1.82) is 0 Å². The predicted molar refractivity (Wildman–Crippen MR) is 77.7 cm³/mol. The van der Waals surface area contributed by atoms with Gasteiger partial charge in [0.15, 0.2) is 0 Å². The highest BCUT2D eigenvalue weighted by Gasteiger charge is 2.11. The highest BCUT2D eigenvalue weighted by atomic mass is 79.9. The normalized spacial score (nSPS) is 9.90. The number of carbonyl (C=O) groups is 2. The zero-order chi connectivity index (χ0) is 14.5. The van der Waals surface area contributed by atoms with Gasteiger partial charge in [-0.25, -0.2) is 4.79 Å². The Hall–Kier alpha value is -2.21. The molecular weight excluding hydrogens is 324 g/mol. The molecule has 0 aliphatic carbocycles. The summed E-state index contributed by atoms with van der Waals surface area (Å²) in [4.78, 5) is 27.2. The van der Waals surface area contributed by atoms with Crippen molar-refractivity contribution in [1.82, 2.24) is 4.98 Å². The molecule has 0 bridgehead atoms. The summed E-state index contributed by atoms with van der Waals surface area (Å²) in [5.41, 5.74) is 1.48. The molecule has 1 aromatic heterocycles. The number of halogens is 1. The lowest BCUT2D eigenvalue weighted by Gasteiger charge is -2.08. The van der Waals surface area contributed by atoms with Gasteiger partial charge in [0.05, 0.1) is 18.4 Å². The van der Waals surface area contributed by atoms with Crippen molar-refractivity contribution in [3.8, 4) is 0 Å². The minimum atomic E-state index is -0.433. The summed E-state index contributed by atoms with van der Waals surface area (Å²) in [6, 6.07) is 8.04. The van der Waals surface area contributed by atoms with Gasteiger partial charge in [0.1, 0.15) is 0 Å². The molecule has 0 fully saturated rings. The maximum atomic E-state index is 12.0. The molecule has 20 heavy (non-hydrogen) atoms. The molecule has 0 atom stereocenters. The number of hydrogen-bond acceptors (Lipinski definition) is 4. The Kier molecular flexibility index (Phi) is 4.47. The average Bonchev–Trinajstić information content (AvgIpc) is 2.49. The van der Waals surface area contributed by atoms with Gasteiger partial charge in [0.2, 0.25) is 0 Å². The van der Waals surface area contributed by atoms with Gasteiger partial charge in [-0.05, 0) is 46.3 Å². The van der Waals surface area contributed by atoms with E-state index in [9.17, 15) is 9.59 Å². The highest BCUT2D eigenvalue weighted by Crippen LogP contribution is 2.24. The Morgan fingerprint density at radius 2 is 1.85 bits per heavy atom. The van der Waals surface area contributed by atoms with E-state index < -0.39 is 5.97 Å². The first-order valence-electron chi connectivity index (χ1n) is 5.71.